The molecule has 0 fully saturated rings. The van der Waals surface area contributed by atoms with Crippen LogP contribution in [-0.4, -0.2) is 22.1 Å². The summed E-state index contributed by atoms with van der Waals surface area (Å²) in [6.07, 6.45) is -18.2. The lowest BCUT2D eigenvalue weighted by atomic mass is 9.89. The molecule has 0 unspecified atom stereocenters. The van der Waals surface area contributed by atoms with Gasteiger partial charge < -0.3 is 0 Å². The molecule has 0 atom stereocenters. The third-order valence-electron chi connectivity index (χ3n) is 3.36. The predicted octanol–water partition coefficient (Wildman–Crippen LogP) is 6.44. The van der Waals surface area contributed by atoms with Gasteiger partial charge in [-0.15, -0.1) is 0 Å². The largest absolute Gasteiger partial charge is 0.435 e. The Kier molecular flexibility index (Phi) is 5.45. The first-order chi connectivity index (χ1) is 12.0. The summed E-state index contributed by atoms with van der Waals surface area (Å²) < 4.78 is 132. The van der Waals surface area contributed by atoms with Gasteiger partial charge in [0.1, 0.15) is 3.70 Å². The van der Waals surface area contributed by atoms with E-state index in [0.717, 1.165) is 6.20 Å². The maximum atomic E-state index is 14.2. The van der Waals surface area contributed by atoms with Crippen molar-refractivity contribution in [3.8, 4) is 5.69 Å². The molecule has 1 aromatic heterocycles. The molecule has 150 valence electrons. The molecule has 2 rings (SSSR count). The molecule has 0 saturated heterocycles. The summed E-state index contributed by atoms with van der Waals surface area (Å²) in [4.78, 5) is 0. The summed E-state index contributed by atoms with van der Waals surface area (Å²) in [5, 5.41) is 2.11. The van der Waals surface area contributed by atoms with Gasteiger partial charge in [-0.1, -0.05) is 17.7 Å². The number of hydrogen-bond acceptors (Lipinski definition) is 1. The van der Waals surface area contributed by atoms with Crippen molar-refractivity contribution >= 4 is 34.2 Å². The van der Waals surface area contributed by atoms with Crippen molar-refractivity contribution in [1.82, 2.24) is 9.78 Å². The number of benzene rings is 1. The highest BCUT2D eigenvalue weighted by atomic mass is 127. The van der Waals surface area contributed by atoms with Gasteiger partial charge in [-0.25, -0.2) is 9.07 Å². The van der Waals surface area contributed by atoms with E-state index in [-0.39, 0.29) is 9.77 Å². The number of nitrogens with zero attached hydrogens (tertiary/aromatic N) is 2. The van der Waals surface area contributed by atoms with E-state index in [0.29, 0.717) is 10.7 Å². The highest BCUT2D eigenvalue weighted by Crippen LogP contribution is 2.57. The van der Waals surface area contributed by atoms with Crippen LogP contribution in [-0.2, 0) is 11.8 Å². The first kappa shape index (κ1) is 22.0. The average molecular weight is 541 g/mol. The van der Waals surface area contributed by atoms with Crippen molar-refractivity contribution in [2.24, 2.45) is 0 Å². The van der Waals surface area contributed by atoms with Crippen molar-refractivity contribution in [2.45, 2.75) is 24.2 Å². The Balaban J connectivity index is 2.91. The number of rotatable bonds is 2. The molecule has 0 N–H and O–H groups in total. The van der Waals surface area contributed by atoms with Gasteiger partial charge in [0.2, 0.25) is 0 Å². The average Bonchev–Trinajstić information content (AvgIpc) is 2.88. The van der Waals surface area contributed by atoms with Crippen LogP contribution in [0.25, 0.3) is 5.69 Å². The van der Waals surface area contributed by atoms with E-state index in [4.69, 9.17) is 11.6 Å². The first-order valence-corrected chi connectivity index (χ1v) is 7.91. The lowest BCUT2D eigenvalue weighted by molar-refractivity contribution is -0.349. The quantitative estimate of drug-likeness (QED) is 0.317. The summed E-state index contributed by atoms with van der Waals surface area (Å²) in [7, 11) is 0. The zero-order valence-corrected chi connectivity index (χ0v) is 15.2. The van der Waals surface area contributed by atoms with Crippen molar-refractivity contribution in [1.29, 1.82) is 0 Å². The maximum absolute atomic E-state index is 14.2. The molecule has 0 amide bonds. The Morgan fingerprint density at radius 2 is 1.37 bits per heavy atom. The van der Waals surface area contributed by atoms with Crippen LogP contribution >= 0.6 is 34.2 Å². The van der Waals surface area contributed by atoms with Gasteiger partial charge in [0.05, 0.1) is 16.3 Å². The van der Waals surface area contributed by atoms with E-state index in [1.165, 1.54) is 6.07 Å². The van der Waals surface area contributed by atoms with Crippen molar-refractivity contribution in [2.75, 3.05) is 0 Å². The summed E-state index contributed by atoms with van der Waals surface area (Å²) >= 11 is 7.11. The molecule has 0 spiro atoms. The molecule has 27 heavy (non-hydrogen) atoms. The van der Waals surface area contributed by atoms with Crippen LogP contribution in [0.1, 0.15) is 11.1 Å². The molecular formula is C13H4ClF10IN2. The van der Waals surface area contributed by atoms with E-state index < -0.39 is 46.0 Å². The molecule has 0 radical (unpaired) electrons. The fourth-order valence-electron chi connectivity index (χ4n) is 2.21. The van der Waals surface area contributed by atoms with Crippen molar-refractivity contribution in [3.63, 3.8) is 0 Å². The minimum Gasteiger partial charge on any atom is -0.238 e. The Hall–Kier alpha value is -1.25. The zero-order chi connectivity index (χ0) is 21.0. The van der Waals surface area contributed by atoms with Gasteiger partial charge in [-0.3, -0.25) is 0 Å². The van der Waals surface area contributed by atoms with Crippen LogP contribution in [0.2, 0.25) is 5.02 Å². The maximum Gasteiger partial charge on any atom is 0.435 e. The Morgan fingerprint density at radius 3 is 1.74 bits per heavy atom. The van der Waals surface area contributed by atoms with Gasteiger partial charge in [-0.2, -0.15) is 44.6 Å². The highest BCUT2D eigenvalue weighted by molar-refractivity contribution is 14.1. The van der Waals surface area contributed by atoms with Crippen molar-refractivity contribution in [3.05, 3.63) is 44.2 Å². The fourth-order valence-corrected chi connectivity index (χ4v) is 2.96. The second-order valence-corrected chi connectivity index (χ2v) is 6.54. The number of halogens is 12. The molecule has 0 bridgehead atoms. The molecule has 2 aromatic rings. The van der Waals surface area contributed by atoms with Crippen LogP contribution in [0.4, 0.5) is 43.9 Å². The smallest absolute Gasteiger partial charge is 0.238 e. The summed E-state index contributed by atoms with van der Waals surface area (Å²) in [6, 6.07) is 1.42. The third-order valence-corrected chi connectivity index (χ3v) is 4.32. The molecule has 0 aliphatic carbocycles. The van der Waals surface area contributed by atoms with Crippen LogP contribution in [0, 0.1) is 3.70 Å². The molecule has 1 aromatic carbocycles. The minimum atomic E-state index is -6.73. The molecule has 0 aliphatic heterocycles. The number of alkyl halides is 10. The highest BCUT2D eigenvalue weighted by Gasteiger charge is 2.75. The Morgan fingerprint density at radius 1 is 0.852 bits per heavy atom. The first-order valence-electron chi connectivity index (χ1n) is 6.46. The summed E-state index contributed by atoms with van der Waals surface area (Å²) in [5.41, 5.74) is -12.3. The lowest BCUT2D eigenvalue weighted by Crippen LogP contribution is -2.51. The number of aromatic nitrogens is 2. The molecule has 1 heterocycles. The topological polar surface area (TPSA) is 17.8 Å². The Bertz CT molecular complexity index is 838. The van der Waals surface area contributed by atoms with Gasteiger partial charge in [-0.05, 0) is 34.7 Å². The van der Waals surface area contributed by atoms with E-state index in [1.54, 1.807) is 22.6 Å². The van der Waals surface area contributed by atoms with Gasteiger partial charge in [0.25, 0.3) is 0 Å². The zero-order valence-electron chi connectivity index (χ0n) is 12.2. The van der Waals surface area contributed by atoms with Crippen LogP contribution in [0.5, 0.6) is 0 Å². The second-order valence-electron chi connectivity index (χ2n) is 5.06. The van der Waals surface area contributed by atoms with E-state index in [2.05, 4.69) is 5.10 Å². The van der Waals surface area contributed by atoms with E-state index in [9.17, 15) is 43.9 Å². The normalized spacial score (nSPS) is 13.9. The van der Waals surface area contributed by atoms with Crippen LogP contribution in [0.15, 0.2) is 24.4 Å². The van der Waals surface area contributed by atoms with Gasteiger partial charge in [0, 0.05) is 11.8 Å². The van der Waals surface area contributed by atoms with Crippen molar-refractivity contribution < 1.29 is 43.9 Å². The lowest BCUT2D eigenvalue weighted by Gasteiger charge is -2.32. The summed E-state index contributed by atoms with van der Waals surface area (Å²) in [6.45, 7) is 0. The monoisotopic (exact) mass is 540 g/mol. The van der Waals surface area contributed by atoms with Gasteiger partial charge in [0.15, 0.2) is 0 Å². The summed E-state index contributed by atoms with van der Waals surface area (Å²) in [5.74, 6) is 0. The molecule has 2 nitrogen and oxygen atoms in total. The standard InChI is InChI=1S/C13H4ClF10IN2/c14-9-6(27-4-3-7(25)26-27)2-1-5(8(9)11(16,17)18)10(15,12(19,20)21)13(22,23)24/h1-4H. The molecule has 0 saturated carbocycles. The fraction of sp³-hybridized carbons (Fsp3) is 0.308. The SMILES string of the molecule is FC(F)(F)c1c(C(F)(C(F)(F)F)C(F)(F)F)ccc(-n2ccc(I)n2)c1Cl. The van der Waals surface area contributed by atoms with Crippen LogP contribution in [0.3, 0.4) is 0 Å². The minimum absolute atomic E-state index is 0.242. The van der Waals surface area contributed by atoms with Gasteiger partial charge >= 0.3 is 24.2 Å². The number of hydrogen-bond donors (Lipinski definition) is 0. The third kappa shape index (κ3) is 3.71. The molecule has 0 aliphatic rings. The van der Waals surface area contributed by atoms with E-state index >= 15 is 0 Å². The molecular weight excluding hydrogens is 536 g/mol. The predicted molar refractivity (Wildman–Crippen MR) is 81.2 cm³/mol. The second kappa shape index (κ2) is 6.67. The Labute approximate surface area is 162 Å². The van der Waals surface area contributed by atoms with Crippen LogP contribution < -0.4 is 0 Å². The van der Waals surface area contributed by atoms with E-state index in [1.807, 2.05) is 0 Å². The molecule has 14 heteroatoms.